The molecule has 2 atom stereocenters. The minimum atomic E-state index is -0.711. The van der Waals surface area contributed by atoms with Crippen LogP contribution >= 0.6 is 0 Å². The maximum Gasteiger partial charge on any atom is 0.269 e. The lowest BCUT2D eigenvalue weighted by Crippen LogP contribution is -2.28. The van der Waals surface area contributed by atoms with Crippen molar-refractivity contribution in [2.45, 2.75) is 31.9 Å². The van der Waals surface area contributed by atoms with Gasteiger partial charge in [-0.15, -0.1) is 0 Å². The van der Waals surface area contributed by atoms with E-state index in [2.05, 4.69) is 18.8 Å². The lowest BCUT2D eigenvalue weighted by molar-refractivity contribution is -0.384. The molecule has 0 saturated carbocycles. The highest BCUT2D eigenvalue weighted by atomic mass is 16.6. The standard InChI is InChI=1S/C18H18N2O3.C2H5/c19-17(18(21)15-7-2-1-3-8-15)9-5-4-6-14-10-12-16(13-11-14)20(22)23;1-2/h1-3,7-8,10-13,17-18,21H,5,9,19H2;1H2,2H3/q;+1/t17-,18?;/m1./s1. The fourth-order valence-corrected chi connectivity index (χ4v) is 2.13. The van der Waals surface area contributed by atoms with Gasteiger partial charge in [-0.1, -0.05) is 42.2 Å². The zero-order valence-electron chi connectivity index (χ0n) is 14.3. The largest absolute Gasteiger partial charge is 0.387 e. The van der Waals surface area contributed by atoms with Gasteiger partial charge in [0.1, 0.15) is 0 Å². The van der Waals surface area contributed by atoms with E-state index in [-0.39, 0.29) is 11.7 Å². The molecule has 2 aromatic rings. The number of hydrogen-bond acceptors (Lipinski definition) is 4. The van der Waals surface area contributed by atoms with E-state index in [0.29, 0.717) is 18.4 Å². The van der Waals surface area contributed by atoms with Crippen molar-refractivity contribution >= 4 is 5.69 Å². The zero-order chi connectivity index (χ0) is 18.7. The zero-order valence-corrected chi connectivity index (χ0v) is 14.3. The summed E-state index contributed by atoms with van der Waals surface area (Å²) in [5, 5.41) is 20.7. The minimum absolute atomic E-state index is 0.0450. The normalized spacial score (nSPS) is 12.0. The third kappa shape index (κ3) is 6.68. The molecule has 0 aliphatic rings. The summed E-state index contributed by atoms with van der Waals surface area (Å²) < 4.78 is 0. The predicted molar refractivity (Wildman–Crippen MR) is 99.6 cm³/mol. The molecule has 0 aliphatic heterocycles. The second kappa shape index (κ2) is 10.9. The van der Waals surface area contributed by atoms with Gasteiger partial charge in [0.2, 0.25) is 0 Å². The Bertz CT molecular complexity index is 703. The monoisotopic (exact) mass is 339 g/mol. The van der Waals surface area contributed by atoms with Crippen LogP contribution in [-0.2, 0) is 0 Å². The van der Waals surface area contributed by atoms with Gasteiger partial charge in [0, 0.05) is 30.2 Å². The van der Waals surface area contributed by atoms with Gasteiger partial charge in [-0.2, -0.15) is 0 Å². The van der Waals surface area contributed by atoms with Gasteiger partial charge in [0.05, 0.1) is 24.9 Å². The van der Waals surface area contributed by atoms with Crippen LogP contribution in [0.1, 0.15) is 37.0 Å². The molecule has 0 radical (unpaired) electrons. The number of aliphatic hydroxyl groups is 1. The first-order valence-electron chi connectivity index (χ1n) is 8.00. The molecule has 0 saturated heterocycles. The van der Waals surface area contributed by atoms with E-state index in [4.69, 9.17) is 5.73 Å². The van der Waals surface area contributed by atoms with Crippen molar-refractivity contribution in [3.8, 4) is 11.8 Å². The number of nitro groups is 1. The van der Waals surface area contributed by atoms with Crippen LogP contribution in [0.25, 0.3) is 0 Å². The Morgan fingerprint density at radius 1 is 1.16 bits per heavy atom. The average Bonchev–Trinajstić information content (AvgIpc) is 2.67. The average molecular weight is 339 g/mol. The number of non-ortho nitro benzene ring substituents is 1. The maximum atomic E-state index is 10.6. The number of benzene rings is 2. The summed E-state index contributed by atoms with van der Waals surface area (Å²) in [6, 6.07) is 15.0. The molecule has 0 aliphatic carbocycles. The summed E-state index contributed by atoms with van der Waals surface area (Å²) in [6.45, 7) is 5.00. The van der Waals surface area contributed by atoms with Gasteiger partial charge in [-0.3, -0.25) is 10.1 Å². The van der Waals surface area contributed by atoms with E-state index in [1.54, 1.807) is 19.1 Å². The highest BCUT2D eigenvalue weighted by molar-refractivity contribution is 5.41. The van der Waals surface area contributed by atoms with Gasteiger partial charge in [0.25, 0.3) is 5.69 Å². The Balaban J connectivity index is 0.00000151. The first kappa shape index (κ1) is 20.2. The van der Waals surface area contributed by atoms with Gasteiger partial charge < -0.3 is 10.8 Å². The van der Waals surface area contributed by atoms with Crippen LogP contribution in [0.5, 0.6) is 0 Å². The molecule has 5 heteroatoms. The van der Waals surface area contributed by atoms with Crippen LogP contribution in [0, 0.1) is 28.9 Å². The Labute approximate surface area is 148 Å². The van der Waals surface area contributed by atoms with Crippen LogP contribution < -0.4 is 5.73 Å². The summed E-state index contributed by atoms with van der Waals surface area (Å²) in [7, 11) is 0. The highest BCUT2D eigenvalue weighted by Gasteiger charge is 2.15. The molecule has 5 nitrogen and oxygen atoms in total. The van der Waals surface area contributed by atoms with Crippen LogP contribution in [0.2, 0.25) is 0 Å². The second-order valence-corrected chi connectivity index (χ2v) is 5.16. The van der Waals surface area contributed by atoms with E-state index in [1.807, 2.05) is 30.3 Å². The van der Waals surface area contributed by atoms with E-state index in [9.17, 15) is 15.2 Å². The van der Waals surface area contributed by atoms with Crippen molar-refractivity contribution in [1.82, 2.24) is 0 Å². The number of rotatable bonds is 5. The topological polar surface area (TPSA) is 89.4 Å². The molecule has 0 aromatic heterocycles. The second-order valence-electron chi connectivity index (χ2n) is 5.16. The van der Waals surface area contributed by atoms with Crippen molar-refractivity contribution in [2.75, 3.05) is 0 Å². The quantitative estimate of drug-likeness (QED) is 0.377. The van der Waals surface area contributed by atoms with E-state index >= 15 is 0 Å². The molecule has 0 heterocycles. The van der Waals surface area contributed by atoms with Crippen molar-refractivity contribution in [3.05, 3.63) is 82.8 Å². The molecule has 25 heavy (non-hydrogen) atoms. The molecule has 0 spiro atoms. The molecular formula is C20H23N2O3+. The number of nitrogens with two attached hydrogens (primary N) is 1. The Hall–Kier alpha value is -2.81. The number of aliphatic hydroxyl groups excluding tert-OH is 1. The van der Waals surface area contributed by atoms with Crippen molar-refractivity contribution in [2.24, 2.45) is 5.73 Å². The fourth-order valence-electron chi connectivity index (χ4n) is 2.13. The van der Waals surface area contributed by atoms with Crippen LogP contribution in [0.3, 0.4) is 0 Å². The maximum absolute atomic E-state index is 10.6. The van der Waals surface area contributed by atoms with Gasteiger partial charge in [-0.25, -0.2) is 0 Å². The van der Waals surface area contributed by atoms with Crippen molar-refractivity contribution in [1.29, 1.82) is 0 Å². The number of nitrogens with zero attached hydrogens (tertiary/aromatic N) is 1. The van der Waals surface area contributed by atoms with Crippen LogP contribution in [0.15, 0.2) is 54.6 Å². The minimum Gasteiger partial charge on any atom is -0.387 e. The fraction of sp³-hybridized carbons (Fsp3) is 0.250. The smallest absolute Gasteiger partial charge is 0.269 e. The molecule has 0 bridgehead atoms. The van der Waals surface area contributed by atoms with Crippen LogP contribution in [0.4, 0.5) is 5.69 Å². The number of hydrogen-bond donors (Lipinski definition) is 2. The third-order valence-electron chi connectivity index (χ3n) is 3.46. The summed E-state index contributed by atoms with van der Waals surface area (Å²) in [5.74, 6) is 5.91. The van der Waals surface area contributed by atoms with Gasteiger partial charge in [-0.05, 0) is 24.1 Å². The van der Waals surface area contributed by atoms with E-state index in [1.165, 1.54) is 12.1 Å². The molecule has 2 rings (SSSR count). The molecule has 130 valence electrons. The van der Waals surface area contributed by atoms with Gasteiger partial charge in [0.15, 0.2) is 0 Å². The summed E-state index contributed by atoms with van der Waals surface area (Å²) in [4.78, 5) is 10.1. The SMILES string of the molecule is N[C@H](CCC#Cc1ccc([N+](=O)[O-])cc1)C(O)c1ccccc1.[CH2+]C. The Morgan fingerprint density at radius 3 is 2.32 bits per heavy atom. The van der Waals surface area contributed by atoms with Crippen molar-refractivity contribution < 1.29 is 10.0 Å². The molecular weight excluding hydrogens is 316 g/mol. The van der Waals surface area contributed by atoms with Crippen LogP contribution in [-0.4, -0.2) is 16.1 Å². The predicted octanol–water partition coefficient (Wildman–Crippen LogP) is 3.63. The number of nitro benzene ring substituents is 1. The summed E-state index contributed by atoms with van der Waals surface area (Å²) in [5.41, 5.74) is 7.54. The lowest BCUT2D eigenvalue weighted by Gasteiger charge is -2.18. The Morgan fingerprint density at radius 2 is 1.76 bits per heavy atom. The van der Waals surface area contributed by atoms with Crippen molar-refractivity contribution in [3.63, 3.8) is 0 Å². The third-order valence-corrected chi connectivity index (χ3v) is 3.46. The first-order valence-corrected chi connectivity index (χ1v) is 8.00. The molecule has 3 N–H and O–H groups in total. The highest BCUT2D eigenvalue weighted by Crippen LogP contribution is 2.17. The summed E-state index contributed by atoms with van der Waals surface area (Å²) in [6.07, 6.45) is 0.398. The van der Waals surface area contributed by atoms with Gasteiger partial charge >= 0.3 is 0 Å². The summed E-state index contributed by atoms with van der Waals surface area (Å²) >= 11 is 0. The molecule has 1 unspecified atom stereocenters. The van der Waals surface area contributed by atoms with E-state index in [0.717, 1.165) is 5.56 Å². The molecule has 0 fully saturated rings. The lowest BCUT2D eigenvalue weighted by atomic mass is 9.99. The Kier molecular flexibility index (Phi) is 8.80. The first-order chi connectivity index (χ1) is 12.1. The van der Waals surface area contributed by atoms with E-state index < -0.39 is 11.0 Å². The molecule has 2 aromatic carbocycles. The molecule has 0 amide bonds.